The van der Waals surface area contributed by atoms with Crippen LogP contribution in [0.3, 0.4) is 0 Å². The van der Waals surface area contributed by atoms with E-state index in [1.165, 1.54) is 24.3 Å². The number of benzene rings is 2. The van der Waals surface area contributed by atoms with Crippen molar-refractivity contribution < 1.29 is 23.5 Å². The highest BCUT2D eigenvalue weighted by Gasteiger charge is 2.30. The van der Waals surface area contributed by atoms with Crippen LogP contribution in [0.25, 0.3) is 10.9 Å². The zero-order valence-corrected chi connectivity index (χ0v) is 17.9. The molecular weight excluding hydrogens is 414 g/mol. The lowest BCUT2D eigenvalue weighted by Gasteiger charge is -2.26. The molecule has 0 bridgehead atoms. The molecule has 4 rings (SSSR count). The number of hydrogen-bond acceptors (Lipinski definition) is 2. The summed E-state index contributed by atoms with van der Waals surface area (Å²) in [5.41, 5.74) is 3.44. The second kappa shape index (κ2) is 9.10. The number of hydrogen-bond donors (Lipinski definition) is 2. The van der Waals surface area contributed by atoms with Crippen LogP contribution in [0.5, 0.6) is 0 Å². The third kappa shape index (κ3) is 4.38. The minimum absolute atomic E-state index is 0.0883. The molecule has 2 unspecified atom stereocenters. The molecular formula is C25H26F2N2O3. The van der Waals surface area contributed by atoms with E-state index in [2.05, 4.69) is 5.32 Å². The van der Waals surface area contributed by atoms with Gasteiger partial charge in [0.2, 0.25) is 5.91 Å². The third-order valence-corrected chi connectivity index (χ3v) is 6.27. The van der Waals surface area contributed by atoms with Gasteiger partial charge in [-0.3, -0.25) is 4.79 Å². The number of nitrogens with one attached hydrogen (secondary N) is 1. The van der Waals surface area contributed by atoms with Crippen LogP contribution in [0.2, 0.25) is 0 Å². The fourth-order valence-electron chi connectivity index (χ4n) is 4.72. The molecule has 0 fully saturated rings. The Morgan fingerprint density at radius 3 is 2.56 bits per heavy atom. The number of carbonyl (C=O) groups is 2. The van der Waals surface area contributed by atoms with E-state index in [9.17, 15) is 23.5 Å². The van der Waals surface area contributed by atoms with Crippen molar-refractivity contribution in [3.05, 3.63) is 70.9 Å². The molecule has 32 heavy (non-hydrogen) atoms. The predicted molar refractivity (Wildman–Crippen MR) is 118 cm³/mol. The normalized spacial score (nSPS) is 16.5. The maximum Gasteiger partial charge on any atom is 0.326 e. The summed E-state index contributed by atoms with van der Waals surface area (Å²) >= 11 is 0. The lowest BCUT2D eigenvalue weighted by atomic mass is 9.91. The summed E-state index contributed by atoms with van der Waals surface area (Å²) in [5, 5.41) is 13.5. The number of carbonyl (C=O) groups excluding carboxylic acids is 1. The van der Waals surface area contributed by atoms with Gasteiger partial charge < -0.3 is 15.0 Å². The largest absolute Gasteiger partial charge is 0.480 e. The molecule has 0 saturated heterocycles. The zero-order valence-electron chi connectivity index (χ0n) is 17.9. The highest BCUT2D eigenvalue weighted by atomic mass is 19.1. The molecule has 1 aliphatic rings. The Morgan fingerprint density at radius 1 is 1.16 bits per heavy atom. The van der Waals surface area contributed by atoms with E-state index < -0.39 is 12.0 Å². The molecule has 1 heterocycles. The number of carboxylic acid groups (broad SMARTS) is 1. The first-order chi connectivity index (χ1) is 15.4. The van der Waals surface area contributed by atoms with Crippen molar-refractivity contribution in [1.29, 1.82) is 0 Å². The van der Waals surface area contributed by atoms with Crippen LogP contribution in [0.1, 0.15) is 49.0 Å². The van der Waals surface area contributed by atoms with Crippen molar-refractivity contribution >= 4 is 22.8 Å². The van der Waals surface area contributed by atoms with Crippen molar-refractivity contribution in [2.45, 2.75) is 57.5 Å². The number of aliphatic carboxylic acids is 1. The first kappa shape index (κ1) is 22.0. The van der Waals surface area contributed by atoms with Crippen molar-refractivity contribution in [2.24, 2.45) is 0 Å². The van der Waals surface area contributed by atoms with Crippen LogP contribution in [-0.4, -0.2) is 27.6 Å². The van der Waals surface area contributed by atoms with Gasteiger partial charge in [0, 0.05) is 29.1 Å². The van der Waals surface area contributed by atoms with Gasteiger partial charge in [0.05, 0.1) is 0 Å². The molecule has 1 aliphatic carbocycles. The minimum Gasteiger partial charge on any atom is -0.480 e. The predicted octanol–water partition coefficient (Wildman–Crippen LogP) is 4.56. The fraction of sp³-hybridized carbons (Fsp3) is 0.360. The molecule has 1 amide bonds. The SMILES string of the molecule is CCC(C(=O)O)n1c2c(c3cc(F)ccc31)CC(NC(=O)CCc1ccc(F)cc1)CC2. The van der Waals surface area contributed by atoms with Crippen molar-refractivity contribution in [3.63, 3.8) is 0 Å². The van der Waals surface area contributed by atoms with Crippen LogP contribution in [0.15, 0.2) is 42.5 Å². The average Bonchev–Trinajstić information content (AvgIpc) is 3.07. The fourth-order valence-corrected chi connectivity index (χ4v) is 4.72. The third-order valence-electron chi connectivity index (χ3n) is 6.27. The number of halogens is 2. The number of aromatic nitrogens is 1. The van der Waals surface area contributed by atoms with Crippen LogP contribution in [0.4, 0.5) is 8.78 Å². The quantitative estimate of drug-likeness (QED) is 0.566. The van der Waals surface area contributed by atoms with Crippen LogP contribution in [0, 0.1) is 11.6 Å². The maximum absolute atomic E-state index is 14.0. The Balaban J connectivity index is 1.53. The van der Waals surface area contributed by atoms with Gasteiger partial charge in [-0.1, -0.05) is 19.1 Å². The van der Waals surface area contributed by atoms with Gasteiger partial charge in [-0.2, -0.15) is 0 Å². The van der Waals surface area contributed by atoms with E-state index in [4.69, 9.17) is 0 Å². The summed E-state index contributed by atoms with van der Waals surface area (Å²) in [6.07, 6.45) is 3.06. The summed E-state index contributed by atoms with van der Waals surface area (Å²) in [7, 11) is 0. The van der Waals surface area contributed by atoms with Crippen molar-refractivity contribution in [3.8, 4) is 0 Å². The Morgan fingerprint density at radius 2 is 1.88 bits per heavy atom. The van der Waals surface area contributed by atoms with E-state index >= 15 is 0 Å². The van der Waals surface area contributed by atoms with Gasteiger partial charge in [-0.15, -0.1) is 0 Å². The molecule has 0 spiro atoms. The lowest BCUT2D eigenvalue weighted by Crippen LogP contribution is -2.39. The Hall–Kier alpha value is -3.22. The van der Waals surface area contributed by atoms with E-state index in [-0.39, 0.29) is 23.6 Å². The number of nitrogens with zero attached hydrogens (tertiary/aromatic N) is 1. The highest BCUT2D eigenvalue weighted by Crippen LogP contribution is 2.36. The van der Waals surface area contributed by atoms with E-state index in [0.717, 1.165) is 16.8 Å². The van der Waals surface area contributed by atoms with Crippen molar-refractivity contribution in [2.75, 3.05) is 0 Å². The number of amides is 1. The topological polar surface area (TPSA) is 71.3 Å². The van der Waals surface area contributed by atoms with Crippen LogP contribution in [-0.2, 0) is 28.9 Å². The number of aryl methyl sites for hydroxylation is 1. The van der Waals surface area contributed by atoms with Crippen molar-refractivity contribution in [1.82, 2.24) is 9.88 Å². The Labute approximate surface area is 185 Å². The second-order valence-electron chi connectivity index (χ2n) is 8.35. The molecule has 2 N–H and O–H groups in total. The Bertz CT molecular complexity index is 1150. The van der Waals surface area contributed by atoms with Crippen LogP contribution >= 0.6 is 0 Å². The summed E-state index contributed by atoms with van der Waals surface area (Å²) in [6, 6.07) is 9.74. The molecule has 3 aromatic rings. The molecule has 7 heteroatoms. The van der Waals surface area contributed by atoms with Crippen LogP contribution < -0.4 is 5.32 Å². The number of fused-ring (bicyclic) bond motifs is 3. The van der Waals surface area contributed by atoms with E-state index in [0.29, 0.717) is 49.4 Å². The first-order valence-corrected chi connectivity index (χ1v) is 10.9. The smallest absolute Gasteiger partial charge is 0.326 e. The number of rotatable bonds is 7. The lowest BCUT2D eigenvalue weighted by molar-refractivity contribution is -0.141. The summed E-state index contributed by atoms with van der Waals surface area (Å²) in [4.78, 5) is 24.4. The molecule has 0 aliphatic heterocycles. The molecule has 168 valence electrons. The minimum atomic E-state index is -0.909. The number of carboxylic acids is 1. The zero-order chi connectivity index (χ0) is 22.8. The van der Waals surface area contributed by atoms with Gasteiger partial charge in [-0.25, -0.2) is 13.6 Å². The molecule has 5 nitrogen and oxygen atoms in total. The average molecular weight is 440 g/mol. The standard InChI is InChI=1S/C25H26F2N2O3/c1-2-21(25(31)32)29-22-10-8-17(27)13-19(22)20-14-18(9-11-23(20)29)28-24(30)12-5-15-3-6-16(26)7-4-15/h3-4,6-8,10,13,18,21H,2,5,9,11-12,14H2,1H3,(H,28,30)(H,31,32). The van der Waals surface area contributed by atoms with Gasteiger partial charge in [0.25, 0.3) is 0 Å². The van der Waals surface area contributed by atoms with E-state index in [1.54, 1.807) is 18.2 Å². The first-order valence-electron chi connectivity index (χ1n) is 10.9. The summed E-state index contributed by atoms with van der Waals surface area (Å²) in [6.45, 7) is 1.83. The molecule has 0 radical (unpaired) electrons. The molecule has 1 aromatic heterocycles. The molecule has 2 atom stereocenters. The molecule has 0 saturated carbocycles. The summed E-state index contributed by atoms with van der Waals surface area (Å²) in [5.74, 6) is -1.67. The van der Waals surface area contributed by atoms with Gasteiger partial charge in [0.1, 0.15) is 17.7 Å². The Kier molecular flexibility index (Phi) is 6.26. The molecule has 2 aromatic carbocycles. The highest BCUT2D eigenvalue weighted by molar-refractivity contribution is 5.88. The van der Waals surface area contributed by atoms with Gasteiger partial charge in [-0.05, 0) is 73.6 Å². The van der Waals surface area contributed by atoms with Gasteiger partial charge >= 0.3 is 5.97 Å². The second-order valence-corrected chi connectivity index (χ2v) is 8.35. The van der Waals surface area contributed by atoms with E-state index in [1.807, 2.05) is 11.5 Å². The van der Waals surface area contributed by atoms with Gasteiger partial charge in [0.15, 0.2) is 0 Å². The summed E-state index contributed by atoms with van der Waals surface area (Å²) < 4.78 is 28.9. The monoisotopic (exact) mass is 440 g/mol. The maximum atomic E-state index is 14.0.